The third kappa shape index (κ3) is 1.97. The van der Waals surface area contributed by atoms with E-state index in [1.807, 2.05) is 0 Å². The van der Waals surface area contributed by atoms with Crippen molar-refractivity contribution in [3.63, 3.8) is 0 Å². The molecule has 3 N–H and O–H groups in total. The quantitative estimate of drug-likeness (QED) is 0.465. The first-order valence-electron chi connectivity index (χ1n) is 3.47. The zero-order chi connectivity index (χ0) is 7.40. The van der Waals surface area contributed by atoms with Crippen LogP contribution in [0.2, 0.25) is 0 Å². The fraction of sp³-hybridized carbons (Fsp3) is 0.833. The second-order valence-electron chi connectivity index (χ2n) is 2.36. The van der Waals surface area contributed by atoms with Crippen LogP contribution in [0.25, 0.3) is 0 Å². The number of rotatable bonds is 1. The molecule has 1 radical (unpaired) electrons. The third-order valence-corrected chi connectivity index (χ3v) is 1.56. The van der Waals surface area contributed by atoms with Gasteiger partial charge in [-0.2, -0.15) is 0 Å². The Morgan fingerprint density at radius 3 is 3.10 bits per heavy atom. The molecule has 1 aliphatic heterocycles. The van der Waals surface area contributed by atoms with E-state index in [0.29, 0.717) is 6.54 Å². The minimum absolute atomic E-state index is 0.255. The number of carbonyl (C=O) groups is 1. The molecule has 0 saturated carbocycles. The van der Waals surface area contributed by atoms with Crippen molar-refractivity contribution in [1.82, 2.24) is 10.6 Å². The van der Waals surface area contributed by atoms with Crippen LogP contribution in [0.5, 0.6) is 0 Å². The Morgan fingerprint density at radius 1 is 1.60 bits per heavy atom. The smallest absolute Gasteiger partial charge is 0.236 e. The summed E-state index contributed by atoms with van der Waals surface area (Å²) in [6.45, 7) is 2.41. The van der Waals surface area contributed by atoms with Crippen LogP contribution in [0, 0.1) is 0 Å². The number of nitrogens with one attached hydrogen (secondary N) is 1. The highest BCUT2D eigenvalue weighted by atomic mass is 16.1. The van der Waals surface area contributed by atoms with Crippen molar-refractivity contribution >= 4 is 5.91 Å². The van der Waals surface area contributed by atoms with Crippen molar-refractivity contribution in [2.24, 2.45) is 5.73 Å². The molecule has 57 valence electrons. The van der Waals surface area contributed by atoms with Crippen LogP contribution in [0.15, 0.2) is 0 Å². The first-order valence-corrected chi connectivity index (χ1v) is 3.47. The van der Waals surface area contributed by atoms with E-state index in [2.05, 4.69) is 10.6 Å². The van der Waals surface area contributed by atoms with E-state index < -0.39 is 0 Å². The van der Waals surface area contributed by atoms with E-state index in [1.54, 1.807) is 0 Å². The maximum Gasteiger partial charge on any atom is 0.236 e. The summed E-state index contributed by atoms with van der Waals surface area (Å²) in [7, 11) is 0. The molecule has 1 saturated heterocycles. The van der Waals surface area contributed by atoms with Gasteiger partial charge in [0.25, 0.3) is 0 Å². The van der Waals surface area contributed by atoms with Gasteiger partial charge in [0.15, 0.2) is 0 Å². The molecule has 0 aromatic carbocycles. The molecule has 1 amide bonds. The van der Waals surface area contributed by atoms with Crippen molar-refractivity contribution in [1.29, 1.82) is 0 Å². The number of amides is 1. The SMILES string of the molecule is NC(=O)C1CCNCC[N]1. The van der Waals surface area contributed by atoms with Crippen LogP contribution in [0.1, 0.15) is 6.42 Å². The van der Waals surface area contributed by atoms with Crippen LogP contribution in [-0.4, -0.2) is 31.6 Å². The first kappa shape index (κ1) is 7.50. The van der Waals surface area contributed by atoms with Crippen molar-refractivity contribution < 1.29 is 4.79 Å². The average Bonchev–Trinajstić information content (AvgIpc) is 2.12. The lowest BCUT2D eigenvalue weighted by Gasteiger charge is -2.06. The van der Waals surface area contributed by atoms with Crippen molar-refractivity contribution in [2.45, 2.75) is 12.5 Å². The Labute approximate surface area is 60.2 Å². The number of hydrogen-bond acceptors (Lipinski definition) is 2. The van der Waals surface area contributed by atoms with Gasteiger partial charge in [0.05, 0.1) is 0 Å². The predicted molar refractivity (Wildman–Crippen MR) is 37.5 cm³/mol. The molecule has 0 aromatic rings. The second kappa shape index (κ2) is 3.53. The summed E-state index contributed by atoms with van der Waals surface area (Å²) in [5.74, 6) is -0.302. The number of nitrogens with two attached hydrogens (primary N) is 1. The fourth-order valence-electron chi connectivity index (χ4n) is 0.987. The van der Waals surface area contributed by atoms with E-state index in [9.17, 15) is 4.79 Å². The number of primary amides is 1. The van der Waals surface area contributed by atoms with Crippen LogP contribution >= 0.6 is 0 Å². The van der Waals surface area contributed by atoms with E-state index in [4.69, 9.17) is 5.73 Å². The first-order chi connectivity index (χ1) is 4.80. The Morgan fingerprint density at radius 2 is 2.40 bits per heavy atom. The standard InChI is InChI=1S/C6H12N3O/c7-6(10)5-1-2-8-3-4-9-5/h5,8H,1-4H2,(H2,7,10). The van der Waals surface area contributed by atoms with Crippen LogP contribution < -0.4 is 16.4 Å². The average molecular weight is 142 g/mol. The molecule has 0 aromatic heterocycles. The molecule has 1 unspecified atom stereocenters. The molecule has 0 bridgehead atoms. The highest BCUT2D eigenvalue weighted by Crippen LogP contribution is 1.93. The van der Waals surface area contributed by atoms with E-state index >= 15 is 0 Å². The van der Waals surface area contributed by atoms with Gasteiger partial charge in [0.2, 0.25) is 5.91 Å². The van der Waals surface area contributed by atoms with Gasteiger partial charge in [-0.05, 0) is 13.0 Å². The zero-order valence-corrected chi connectivity index (χ0v) is 5.84. The Hall–Kier alpha value is -0.610. The summed E-state index contributed by atoms with van der Waals surface area (Å²) < 4.78 is 0. The Bertz CT molecular complexity index is 118. The Balaban J connectivity index is 2.35. The molecule has 1 fully saturated rings. The molecular formula is C6H12N3O. The maximum absolute atomic E-state index is 10.6. The third-order valence-electron chi connectivity index (χ3n) is 1.56. The highest BCUT2D eigenvalue weighted by Gasteiger charge is 2.16. The van der Waals surface area contributed by atoms with E-state index in [-0.39, 0.29) is 11.9 Å². The van der Waals surface area contributed by atoms with E-state index in [0.717, 1.165) is 19.5 Å². The summed E-state index contributed by atoms with van der Waals surface area (Å²) in [6, 6.07) is -0.255. The number of hydrogen-bond donors (Lipinski definition) is 2. The number of nitrogens with zero attached hydrogens (tertiary/aromatic N) is 1. The lowest BCUT2D eigenvalue weighted by Crippen LogP contribution is -2.36. The summed E-state index contributed by atoms with van der Waals surface area (Å²) >= 11 is 0. The molecule has 1 aliphatic rings. The minimum Gasteiger partial charge on any atom is -0.368 e. The summed E-state index contributed by atoms with van der Waals surface area (Å²) in [5, 5.41) is 7.22. The monoisotopic (exact) mass is 142 g/mol. The summed E-state index contributed by atoms with van der Waals surface area (Å²) in [6.07, 6.45) is 0.745. The fourth-order valence-corrected chi connectivity index (χ4v) is 0.987. The largest absolute Gasteiger partial charge is 0.368 e. The van der Waals surface area contributed by atoms with Crippen molar-refractivity contribution in [3.05, 3.63) is 0 Å². The molecule has 1 atom stereocenters. The van der Waals surface area contributed by atoms with Gasteiger partial charge >= 0.3 is 0 Å². The normalized spacial score (nSPS) is 27.4. The lowest BCUT2D eigenvalue weighted by atomic mass is 10.2. The Kier molecular flexibility index (Phi) is 2.65. The van der Waals surface area contributed by atoms with Gasteiger partial charge in [-0.3, -0.25) is 4.79 Å². The van der Waals surface area contributed by atoms with Gasteiger partial charge in [0, 0.05) is 13.1 Å². The molecule has 1 heterocycles. The highest BCUT2D eigenvalue weighted by molar-refractivity contribution is 5.79. The van der Waals surface area contributed by atoms with E-state index in [1.165, 1.54) is 0 Å². The van der Waals surface area contributed by atoms with Gasteiger partial charge in [0.1, 0.15) is 6.04 Å². The van der Waals surface area contributed by atoms with Crippen LogP contribution in [0.3, 0.4) is 0 Å². The molecule has 4 heteroatoms. The van der Waals surface area contributed by atoms with Crippen molar-refractivity contribution in [2.75, 3.05) is 19.6 Å². The van der Waals surface area contributed by atoms with Gasteiger partial charge in [-0.15, -0.1) is 0 Å². The summed E-state index contributed by atoms with van der Waals surface area (Å²) in [4.78, 5) is 10.6. The molecule has 4 nitrogen and oxygen atoms in total. The topological polar surface area (TPSA) is 69.2 Å². The van der Waals surface area contributed by atoms with Gasteiger partial charge in [-0.25, -0.2) is 5.32 Å². The molecular weight excluding hydrogens is 130 g/mol. The summed E-state index contributed by atoms with van der Waals surface area (Å²) in [5.41, 5.74) is 5.08. The maximum atomic E-state index is 10.6. The van der Waals surface area contributed by atoms with Gasteiger partial charge in [-0.1, -0.05) is 0 Å². The second-order valence-corrected chi connectivity index (χ2v) is 2.36. The molecule has 10 heavy (non-hydrogen) atoms. The lowest BCUT2D eigenvalue weighted by molar-refractivity contribution is -0.120. The molecule has 0 aliphatic carbocycles. The molecule has 1 rings (SSSR count). The van der Waals surface area contributed by atoms with Crippen LogP contribution in [0.4, 0.5) is 0 Å². The van der Waals surface area contributed by atoms with Gasteiger partial charge < -0.3 is 11.1 Å². The minimum atomic E-state index is -0.302. The van der Waals surface area contributed by atoms with Crippen molar-refractivity contribution in [3.8, 4) is 0 Å². The molecule has 0 spiro atoms. The predicted octanol–water partition coefficient (Wildman–Crippen LogP) is -1.56. The number of carbonyl (C=O) groups excluding carboxylic acids is 1. The van der Waals surface area contributed by atoms with Crippen LogP contribution in [-0.2, 0) is 4.79 Å². The zero-order valence-electron chi connectivity index (χ0n) is 5.84.